The fraction of sp³-hybridized carbons (Fsp3) is 0.407. The van der Waals surface area contributed by atoms with Crippen molar-refractivity contribution in [1.82, 2.24) is 18.4 Å². The van der Waals surface area contributed by atoms with Crippen molar-refractivity contribution in [2.45, 2.75) is 54.6 Å². The van der Waals surface area contributed by atoms with Crippen LogP contribution in [0.25, 0.3) is 0 Å². The molecule has 0 bridgehead atoms. The minimum atomic E-state index is -5.05. The van der Waals surface area contributed by atoms with Crippen molar-refractivity contribution in [3.63, 3.8) is 0 Å². The summed E-state index contributed by atoms with van der Waals surface area (Å²) in [5.41, 5.74) is -0.138. The van der Waals surface area contributed by atoms with Gasteiger partial charge in [0, 0.05) is 31.3 Å². The van der Waals surface area contributed by atoms with Gasteiger partial charge in [0.15, 0.2) is 5.82 Å². The molecule has 3 aromatic rings. The van der Waals surface area contributed by atoms with Gasteiger partial charge in [0.25, 0.3) is 16.1 Å². The first-order valence-electron chi connectivity index (χ1n) is 13.2. The third-order valence-corrected chi connectivity index (χ3v) is 10.8. The Morgan fingerprint density at radius 1 is 1.00 bits per heavy atom. The number of thioether (sulfide) groups is 1. The van der Waals surface area contributed by atoms with Crippen LogP contribution in [0.1, 0.15) is 53.2 Å². The molecule has 2 unspecified atom stereocenters. The van der Waals surface area contributed by atoms with E-state index in [-0.39, 0.29) is 53.8 Å². The second-order valence-corrected chi connectivity index (χ2v) is 13.3. The number of rotatable bonds is 7. The van der Waals surface area contributed by atoms with Crippen molar-refractivity contribution in [2.24, 2.45) is 0 Å². The molecule has 2 saturated heterocycles. The number of alkyl halides is 3. The zero-order chi connectivity index (χ0) is 30.2. The maximum absolute atomic E-state index is 16.2. The third kappa shape index (κ3) is 6.09. The molecular weight excluding hydrogens is 623 g/mol. The summed E-state index contributed by atoms with van der Waals surface area (Å²) in [7, 11) is -4.50. The van der Waals surface area contributed by atoms with Crippen LogP contribution >= 0.6 is 23.4 Å². The van der Waals surface area contributed by atoms with Crippen LogP contribution < -0.4 is 0 Å². The minimum Gasteiger partial charge on any atom is -0.267 e. The van der Waals surface area contributed by atoms with E-state index in [1.807, 2.05) is 0 Å². The van der Waals surface area contributed by atoms with Gasteiger partial charge in [-0.15, -0.1) is 0 Å². The van der Waals surface area contributed by atoms with Crippen LogP contribution in [0.15, 0.2) is 53.6 Å². The third-order valence-electron chi connectivity index (χ3n) is 7.36. The van der Waals surface area contributed by atoms with Gasteiger partial charge in [0.05, 0.1) is 10.6 Å². The van der Waals surface area contributed by atoms with Gasteiger partial charge in [0.1, 0.15) is 22.6 Å². The maximum Gasteiger partial charge on any atom is 0.405 e. The lowest BCUT2D eigenvalue weighted by Gasteiger charge is -2.41. The molecule has 7 nitrogen and oxygen atoms in total. The lowest BCUT2D eigenvalue weighted by atomic mass is 9.87. The molecule has 0 spiro atoms. The minimum absolute atomic E-state index is 0.0307. The van der Waals surface area contributed by atoms with Crippen LogP contribution in [-0.4, -0.2) is 64.6 Å². The van der Waals surface area contributed by atoms with Crippen molar-refractivity contribution in [3.05, 3.63) is 82.0 Å². The van der Waals surface area contributed by atoms with Crippen LogP contribution in [-0.2, 0) is 16.0 Å². The van der Waals surface area contributed by atoms with E-state index in [0.717, 1.165) is 16.1 Å². The quantitative estimate of drug-likeness (QED) is 0.224. The van der Waals surface area contributed by atoms with Crippen molar-refractivity contribution in [3.8, 4) is 0 Å². The largest absolute Gasteiger partial charge is 0.405 e. The summed E-state index contributed by atoms with van der Waals surface area (Å²) in [6.07, 6.45) is -4.15. The molecule has 0 saturated carbocycles. The highest BCUT2D eigenvalue weighted by Crippen LogP contribution is 2.45. The highest BCUT2D eigenvalue weighted by Gasteiger charge is 2.56. The molecule has 15 heteroatoms. The standard InChI is InChI=1S/C27H26ClF5N4O3S2/c28-21-8-2-1-6-19(21)25(38)37-26(41-16-17-9-11-18(29)12-10-17)22(30)23(34-37)20-7-5-15-36(24(20)27(31,32)33)42(39,40)35-13-3-4-14-35/h1-2,6,8-12,20,24H,3-5,7,13-16H2. The summed E-state index contributed by atoms with van der Waals surface area (Å²) in [5, 5.41) is 3.74. The smallest absolute Gasteiger partial charge is 0.267 e. The van der Waals surface area contributed by atoms with E-state index in [0.29, 0.717) is 27.4 Å². The Bertz CT molecular complexity index is 1560. The number of nitrogens with zero attached hydrogens (tertiary/aromatic N) is 4. The van der Waals surface area contributed by atoms with Gasteiger partial charge >= 0.3 is 6.18 Å². The first kappa shape index (κ1) is 30.9. The lowest BCUT2D eigenvalue weighted by molar-refractivity contribution is -0.183. The summed E-state index contributed by atoms with van der Waals surface area (Å²) in [4.78, 5) is 13.5. The van der Waals surface area contributed by atoms with Crippen LogP contribution in [0, 0.1) is 11.6 Å². The van der Waals surface area contributed by atoms with E-state index in [1.165, 1.54) is 42.5 Å². The lowest BCUT2D eigenvalue weighted by Crippen LogP contribution is -2.58. The topological polar surface area (TPSA) is 75.5 Å². The molecule has 0 N–H and O–H groups in total. The Hall–Kier alpha value is -2.52. The Morgan fingerprint density at radius 2 is 1.67 bits per heavy atom. The number of aromatic nitrogens is 2. The first-order valence-corrected chi connectivity index (χ1v) is 15.9. The number of carbonyl (C=O) groups excluding carboxylic acids is 1. The molecule has 0 amide bonds. The van der Waals surface area contributed by atoms with Crippen molar-refractivity contribution < 1.29 is 35.2 Å². The number of piperidine rings is 1. The number of hydrogen-bond donors (Lipinski definition) is 0. The van der Waals surface area contributed by atoms with E-state index in [9.17, 15) is 30.8 Å². The summed E-state index contributed by atoms with van der Waals surface area (Å²) in [6.45, 7) is -0.173. The maximum atomic E-state index is 16.2. The molecule has 42 heavy (non-hydrogen) atoms. The number of carbonyl (C=O) groups is 1. The molecule has 2 aromatic carbocycles. The van der Waals surface area contributed by atoms with Gasteiger partial charge in [-0.2, -0.15) is 40.0 Å². The number of benzene rings is 2. The van der Waals surface area contributed by atoms with Crippen LogP contribution in [0.5, 0.6) is 0 Å². The Kier molecular flexibility index (Phi) is 9.00. The molecular formula is C27H26ClF5N4O3S2. The molecule has 1 aromatic heterocycles. The van der Waals surface area contributed by atoms with Crippen molar-refractivity contribution in [1.29, 1.82) is 0 Å². The zero-order valence-electron chi connectivity index (χ0n) is 22.0. The summed E-state index contributed by atoms with van der Waals surface area (Å²) in [6, 6.07) is 8.64. The fourth-order valence-electron chi connectivity index (χ4n) is 5.35. The summed E-state index contributed by atoms with van der Waals surface area (Å²) < 4.78 is 102. The Morgan fingerprint density at radius 3 is 2.31 bits per heavy atom. The molecule has 2 aliphatic heterocycles. The fourth-order valence-corrected chi connectivity index (χ4v) is 8.47. The highest BCUT2D eigenvalue weighted by molar-refractivity contribution is 7.98. The normalized spacial score (nSPS) is 20.7. The second-order valence-electron chi connectivity index (χ2n) is 10.1. The Labute approximate surface area is 248 Å². The van der Waals surface area contributed by atoms with E-state index in [2.05, 4.69) is 5.10 Å². The SMILES string of the molecule is O=C(c1ccccc1Cl)n1nc(C2CCCN(S(=O)(=O)N3CCCC3)C2C(F)(F)F)c(F)c1SCc1ccc(F)cc1. The Balaban J connectivity index is 1.58. The second kappa shape index (κ2) is 12.2. The average Bonchev–Trinajstić information content (AvgIpc) is 3.61. The molecule has 2 fully saturated rings. The van der Waals surface area contributed by atoms with Gasteiger partial charge in [-0.05, 0) is 55.5 Å². The molecule has 3 heterocycles. The van der Waals surface area contributed by atoms with Gasteiger partial charge in [-0.1, -0.05) is 47.6 Å². The van der Waals surface area contributed by atoms with Gasteiger partial charge < -0.3 is 0 Å². The summed E-state index contributed by atoms with van der Waals surface area (Å²) >= 11 is 6.99. The number of halogens is 6. The molecule has 2 aliphatic rings. The van der Waals surface area contributed by atoms with Crippen LogP contribution in [0.3, 0.4) is 0 Å². The molecule has 226 valence electrons. The van der Waals surface area contributed by atoms with Crippen molar-refractivity contribution in [2.75, 3.05) is 19.6 Å². The van der Waals surface area contributed by atoms with Crippen molar-refractivity contribution >= 4 is 39.5 Å². The van der Waals surface area contributed by atoms with E-state index in [4.69, 9.17) is 11.6 Å². The van der Waals surface area contributed by atoms with Crippen LogP contribution in [0.2, 0.25) is 5.02 Å². The molecule has 2 atom stereocenters. The predicted molar refractivity (Wildman–Crippen MR) is 148 cm³/mol. The predicted octanol–water partition coefficient (Wildman–Crippen LogP) is 6.25. The molecule has 5 rings (SSSR count). The van der Waals surface area contributed by atoms with E-state index < -0.39 is 51.6 Å². The number of hydrogen-bond acceptors (Lipinski definition) is 5. The summed E-state index contributed by atoms with van der Waals surface area (Å²) in [5.74, 6) is -4.17. The molecule has 0 radical (unpaired) electrons. The molecule has 0 aliphatic carbocycles. The van der Waals surface area contributed by atoms with E-state index in [1.54, 1.807) is 6.07 Å². The highest BCUT2D eigenvalue weighted by atomic mass is 35.5. The van der Waals surface area contributed by atoms with Gasteiger partial charge in [0.2, 0.25) is 0 Å². The monoisotopic (exact) mass is 648 g/mol. The zero-order valence-corrected chi connectivity index (χ0v) is 24.4. The average molecular weight is 649 g/mol. The first-order chi connectivity index (χ1) is 19.9. The van der Waals surface area contributed by atoms with Gasteiger partial charge in [-0.3, -0.25) is 4.79 Å². The van der Waals surface area contributed by atoms with Gasteiger partial charge in [-0.25, -0.2) is 8.78 Å². The van der Waals surface area contributed by atoms with Crippen LogP contribution in [0.4, 0.5) is 22.0 Å². The van der Waals surface area contributed by atoms with E-state index >= 15 is 4.39 Å².